The summed E-state index contributed by atoms with van der Waals surface area (Å²) >= 11 is 0. The zero-order valence-corrected chi connectivity index (χ0v) is 10.1. The molecule has 5 nitrogen and oxygen atoms in total. The van der Waals surface area contributed by atoms with E-state index in [0.717, 1.165) is 0 Å². The molecule has 2 aliphatic rings. The van der Waals surface area contributed by atoms with Gasteiger partial charge in [0.15, 0.2) is 9.84 Å². The van der Waals surface area contributed by atoms with Crippen LogP contribution >= 0.6 is 0 Å². The first kappa shape index (κ1) is 11.5. The molecule has 0 amide bonds. The van der Waals surface area contributed by atoms with Crippen molar-refractivity contribution in [1.82, 2.24) is 4.90 Å². The molecule has 2 saturated heterocycles. The topological polar surface area (TPSA) is 80.5 Å². The van der Waals surface area contributed by atoms with Gasteiger partial charge in [-0.1, -0.05) is 0 Å². The second-order valence-corrected chi connectivity index (χ2v) is 8.04. The molecule has 0 bridgehead atoms. The van der Waals surface area contributed by atoms with Gasteiger partial charge in [0.2, 0.25) is 0 Å². The molecule has 0 spiro atoms. The zero-order valence-electron chi connectivity index (χ0n) is 8.46. The standard InChI is InChI=1S/C8H16N2O3S2/c9-7-5-15(12,13)6-8(7)10-1-3-14(11)4-2-10/h7-8H,1-6,9H2. The van der Waals surface area contributed by atoms with Gasteiger partial charge in [0, 0.05) is 47.5 Å². The fourth-order valence-electron chi connectivity index (χ4n) is 2.22. The second kappa shape index (κ2) is 4.12. The van der Waals surface area contributed by atoms with E-state index < -0.39 is 20.6 Å². The number of sulfone groups is 1. The summed E-state index contributed by atoms with van der Waals surface area (Å²) in [6, 6.07) is -0.339. The predicted octanol–water partition coefficient (Wildman–Crippen LogP) is -1.82. The third-order valence-electron chi connectivity index (χ3n) is 3.05. The lowest BCUT2D eigenvalue weighted by Gasteiger charge is -2.33. The predicted molar refractivity (Wildman–Crippen MR) is 59.9 cm³/mol. The van der Waals surface area contributed by atoms with Crippen LogP contribution in [-0.2, 0) is 20.6 Å². The Balaban J connectivity index is 2.03. The number of hydrogen-bond acceptors (Lipinski definition) is 5. The average molecular weight is 252 g/mol. The molecule has 15 heavy (non-hydrogen) atoms. The van der Waals surface area contributed by atoms with Crippen LogP contribution in [0.4, 0.5) is 0 Å². The molecule has 0 radical (unpaired) electrons. The molecule has 0 aliphatic carbocycles. The summed E-state index contributed by atoms with van der Waals surface area (Å²) in [4.78, 5) is 2.08. The van der Waals surface area contributed by atoms with E-state index in [1.54, 1.807) is 0 Å². The zero-order chi connectivity index (χ0) is 11.1. The molecule has 2 N–H and O–H groups in total. The maximum atomic E-state index is 11.4. The maximum Gasteiger partial charge on any atom is 0.153 e. The minimum atomic E-state index is -2.95. The van der Waals surface area contributed by atoms with Gasteiger partial charge in [0.05, 0.1) is 11.5 Å². The monoisotopic (exact) mass is 252 g/mol. The Morgan fingerprint density at radius 3 is 2.27 bits per heavy atom. The summed E-state index contributed by atoms with van der Waals surface area (Å²) in [5, 5.41) is 0. The van der Waals surface area contributed by atoms with Gasteiger partial charge >= 0.3 is 0 Å². The Morgan fingerprint density at radius 1 is 1.20 bits per heavy atom. The SMILES string of the molecule is NC1CS(=O)(=O)CC1N1CCS(=O)CC1. The fourth-order valence-corrected chi connectivity index (χ4v) is 5.22. The van der Waals surface area contributed by atoms with Gasteiger partial charge < -0.3 is 5.73 Å². The summed E-state index contributed by atoms with van der Waals surface area (Å²) in [5.41, 5.74) is 5.82. The van der Waals surface area contributed by atoms with Gasteiger partial charge in [-0.2, -0.15) is 0 Å². The Bertz CT molecular complexity index is 358. The summed E-state index contributed by atoms with van der Waals surface area (Å²) in [5.74, 6) is 1.55. The molecule has 2 heterocycles. The van der Waals surface area contributed by atoms with E-state index in [1.165, 1.54) is 0 Å². The summed E-state index contributed by atoms with van der Waals surface area (Å²) < 4.78 is 34.0. The van der Waals surface area contributed by atoms with Crippen LogP contribution in [0.2, 0.25) is 0 Å². The minimum Gasteiger partial charge on any atom is -0.325 e. The summed E-state index contributed by atoms with van der Waals surface area (Å²) in [6.07, 6.45) is 0. The fraction of sp³-hybridized carbons (Fsp3) is 1.00. The molecule has 2 atom stereocenters. The van der Waals surface area contributed by atoms with E-state index in [1.807, 2.05) is 0 Å². The number of hydrogen-bond donors (Lipinski definition) is 1. The Hall–Kier alpha value is 0.0200. The van der Waals surface area contributed by atoms with E-state index >= 15 is 0 Å². The molecular formula is C8H16N2O3S2. The minimum absolute atomic E-state index is 0.0627. The van der Waals surface area contributed by atoms with Gasteiger partial charge in [-0.25, -0.2) is 8.42 Å². The van der Waals surface area contributed by atoms with Gasteiger partial charge in [-0.15, -0.1) is 0 Å². The lowest BCUT2D eigenvalue weighted by atomic mass is 10.1. The van der Waals surface area contributed by atoms with Crippen LogP contribution in [0.15, 0.2) is 0 Å². The van der Waals surface area contributed by atoms with E-state index in [0.29, 0.717) is 24.6 Å². The highest BCUT2D eigenvalue weighted by atomic mass is 32.2. The molecule has 88 valence electrons. The van der Waals surface area contributed by atoms with E-state index in [2.05, 4.69) is 4.90 Å². The first-order valence-corrected chi connectivity index (χ1v) is 8.34. The van der Waals surface area contributed by atoms with Crippen LogP contribution in [-0.4, -0.2) is 65.7 Å². The molecule has 2 rings (SSSR count). The molecule has 2 unspecified atom stereocenters. The quantitative estimate of drug-likeness (QED) is 0.594. The van der Waals surface area contributed by atoms with Crippen molar-refractivity contribution in [3.63, 3.8) is 0 Å². The van der Waals surface area contributed by atoms with Crippen LogP contribution in [0.1, 0.15) is 0 Å². The van der Waals surface area contributed by atoms with Crippen molar-refractivity contribution in [1.29, 1.82) is 0 Å². The summed E-state index contributed by atoms with van der Waals surface area (Å²) in [7, 11) is -3.67. The molecule has 0 aromatic heterocycles. The summed E-state index contributed by atoms with van der Waals surface area (Å²) in [6.45, 7) is 1.42. The molecule has 7 heteroatoms. The maximum absolute atomic E-state index is 11.4. The number of nitrogens with two attached hydrogens (primary N) is 1. The van der Waals surface area contributed by atoms with Gasteiger partial charge in [0.1, 0.15) is 0 Å². The van der Waals surface area contributed by atoms with Crippen LogP contribution in [0.25, 0.3) is 0 Å². The van der Waals surface area contributed by atoms with Crippen molar-refractivity contribution < 1.29 is 12.6 Å². The first-order chi connectivity index (χ1) is 6.98. The highest BCUT2D eigenvalue weighted by Gasteiger charge is 2.39. The molecule has 2 aliphatic heterocycles. The van der Waals surface area contributed by atoms with Crippen molar-refractivity contribution in [3.8, 4) is 0 Å². The first-order valence-electron chi connectivity index (χ1n) is 5.03. The molecular weight excluding hydrogens is 236 g/mol. The lowest BCUT2D eigenvalue weighted by Crippen LogP contribution is -2.51. The average Bonchev–Trinajstić information content (AvgIpc) is 2.41. The number of rotatable bonds is 1. The van der Waals surface area contributed by atoms with Crippen LogP contribution < -0.4 is 5.73 Å². The Morgan fingerprint density at radius 2 is 1.80 bits per heavy atom. The van der Waals surface area contributed by atoms with E-state index in [9.17, 15) is 12.6 Å². The van der Waals surface area contributed by atoms with Crippen molar-refractivity contribution in [2.24, 2.45) is 5.73 Å². The van der Waals surface area contributed by atoms with E-state index in [-0.39, 0.29) is 23.6 Å². The molecule has 2 fully saturated rings. The van der Waals surface area contributed by atoms with Crippen molar-refractivity contribution in [2.45, 2.75) is 12.1 Å². The van der Waals surface area contributed by atoms with Gasteiger partial charge in [-0.05, 0) is 0 Å². The highest BCUT2D eigenvalue weighted by molar-refractivity contribution is 7.91. The van der Waals surface area contributed by atoms with Crippen LogP contribution in [0.5, 0.6) is 0 Å². The lowest BCUT2D eigenvalue weighted by molar-refractivity contribution is 0.217. The van der Waals surface area contributed by atoms with Crippen molar-refractivity contribution in [3.05, 3.63) is 0 Å². The van der Waals surface area contributed by atoms with Crippen molar-refractivity contribution >= 4 is 20.6 Å². The third kappa shape index (κ3) is 2.58. The third-order valence-corrected chi connectivity index (χ3v) is 6.06. The van der Waals surface area contributed by atoms with Crippen molar-refractivity contribution in [2.75, 3.05) is 36.1 Å². The molecule has 0 aromatic rings. The van der Waals surface area contributed by atoms with E-state index in [4.69, 9.17) is 5.73 Å². The smallest absolute Gasteiger partial charge is 0.153 e. The van der Waals surface area contributed by atoms with Gasteiger partial charge in [0.25, 0.3) is 0 Å². The van der Waals surface area contributed by atoms with Crippen LogP contribution in [0, 0.1) is 0 Å². The Labute approximate surface area is 92.4 Å². The van der Waals surface area contributed by atoms with Crippen LogP contribution in [0.3, 0.4) is 0 Å². The molecule has 0 saturated carbocycles. The van der Waals surface area contributed by atoms with Gasteiger partial charge in [-0.3, -0.25) is 9.11 Å². The molecule has 0 aromatic carbocycles. The second-order valence-electron chi connectivity index (χ2n) is 4.19. The Kier molecular flexibility index (Phi) is 3.16. The number of nitrogens with zero attached hydrogens (tertiary/aromatic N) is 1. The highest BCUT2D eigenvalue weighted by Crippen LogP contribution is 2.18. The normalized spacial score (nSPS) is 38.2. The largest absolute Gasteiger partial charge is 0.325 e.